The Morgan fingerprint density at radius 1 is 0.667 bits per heavy atom. The highest BCUT2D eigenvalue weighted by atomic mass is 16.3. The van der Waals surface area contributed by atoms with Crippen molar-refractivity contribution in [2.75, 3.05) is 26.2 Å². The number of rotatable bonds is 6. The molecule has 2 aliphatic heterocycles. The highest BCUT2D eigenvalue weighted by Gasteiger charge is 2.16. The number of benzene rings is 2. The second-order valence-corrected chi connectivity index (χ2v) is 8.90. The first-order valence-corrected chi connectivity index (χ1v) is 11.3. The minimum absolute atomic E-state index is 0.383. The number of hydrogen-bond acceptors (Lipinski definition) is 4. The molecule has 0 aromatic heterocycles. The van der Waals surface area contributed by atoms with Gasteiger partial charge in [0.15, 0.2) is 0 Å². The van der Waals surface area contributed by atoms with E-state index in [9.17, 15) is 10.2 Å². The van der Waals surface area contributed by atoms with Crippen molar-refractivity contribution in [1.29, 1.82) is 0 Å². The highest BCUT2D eigenvalue weighted by Crippen LogP contribution is 2.32. The Morgan fingerprint density at radius 2 is 1.03 bits per heavy atom. The zero-order valence-corrected chi connectivity index (χ0v) is 18.3. The van der Waals surface area contributed by atoms with Gasteiger partial charge in [0.05, 0.1) is 0 Å². The minimum Gasteiger partial charge on any atom is -0.508 e. The van der Waals surface area contributed by atoms with Gasteiger partial charge >= 0.3 is 0 Å². The molecule has 0 aliphatic carbocycles. The van der Waals surface area contributed by atoms with Crippen LogP contribution in [-0.2, 0) is 13.1 Å². The van der Waals surface area contributed by atoms with Crippen molar-refractivity contribution in [3.05, 3.63) is 58.7 Å². The van der Waals surface area contributed by atoms with E-state index in [2.05, 4.69) is 35.8 Å². The molecule has 2 saturated heterocycles. The lowest BCUT2D eigenvalue weighted by molar-refractivity contribution is 0.324. The van der Waals surface area contributed by atoms with E-state index < -0.39 is 0 Å². The molecule has 4 rings (SSSR count). The van der Waals surface area contributed by atoms with E-state index in [0.29, 0.717) is 11.5 Å². The number of nitrogens with zero attached hydrogens (tertiary/aromatic N) is 2. The number of allylic oxidation sites excluding steroid dienone is 2. The van der Waals surface area contributed by atoms with Gasteiger partial charge in [0.25, 0.3) is 0 Å². The maximum atomic E-state index is 10.4. The average Bonchev–Trinajstić information content (AvgIpc) is 3.44. The minimum atomic E-state index is 0.383. The van der Waals surface area contributed by atoms with Crippen LogP contribution < -0.4 is 0 Å². The Hall–Kier alpha value is -2.30. The van der Waals surface area contributed by atoms with Gasteiger partial charge in [-0.2, -0.15) is 0 Å². The molecule has 2 aliphatic rings. The fourth-order valence-electron chi connectivity index (χ4n) is 4.69. The van der Waals surface area contributed by atoms with Crippen LogP contribution in [0.1, 0.15) is 61.8 Å². The third kappa shape index (κ3) is 4.71. The van der Waals surface area contributed by atoms with Crippen molar-refractivity contribution < 1.29 is 10.2 Å². The third-order valence-corrected chi connectivity index (χ3v) is 6.77. The van der Waals surface area contributed by atoms with Crippen LogP contribution in [0.3, 0.4) is 0 Å². The first kappa shape index (κ1) is 21.0. The van der Waals surface area contributed by atoms with Crippen molar-refractivity contribution in [3.8, 4) is 11.5 Å². The lowest BCUT2D eigenvalue weighted by Gasteiger charge is -2.18. The molecule has 2 fully saturated rings. The van der Waals surface area contributed by atoms with Crippen LogP contribution in [0, 0.1) is 0 Å². The molecule has 0 amide bonds. The average molecular weight is 407 g/mol. The predicted octanol–water partition coefficient (Wildman–Crippen LogP) is 5.24. The summed E-state index contributed by atoms with van der Waals surface area (Å²) in [5.41, 5.74) is 6.71. The Morgan fingerprint density at radius 3 is 1.40 bits per heavy atom. The molecule has 30 heavy (non-hydrogen) atoms. The fourth-order valence-corrected chi connectivity index (χ4v) is 4.69. The molecule has 2 heterocycles. The topological polar surface area (TPSA) is 46.9 Å². The van der Waals surface area contributed by atoms with Crippen molar-refractivity contribution >= 4 is 11.1 Å². The monoisotopic (exact) mass is 406 g/mol. The van der Waals surface area contributed by atoms with E-state index >= 15 is 0 Å². The molecule has 0 radical (unpaired) electrons. The van der Waals surface area contributed by atoms with Crippen molar-refractivity contribution in [2.24, 2.45) is 0 Å². The van der Waals surface area contributed by atoms with E-state index in [1.807, 2.05) is 24.3 Å². The number of phenolic OH excluding ortho intramolecular Hbond substituents is 2. The highest BCUT2D eigenvalue weighted by molar-refractivity contribution is 5.89. The van der Waals surface area contributed by atoms with Crippen LogP contribution in [0.2, 0.25) is 0 Å². The summed E-state index contributed by atoms with van der Waals surface area (Å²) < 4.78 is 0. The van der Waals surface area contributed by atoms with E-state index in [0.717, 1.165) is 61.5 Å². The largest absolute Gasteiger partial charge is 0.508 e. The van der Waals surface area contributed by atoms with Crippen LogP contribution >= 0.6 is 0 Å². The van der Waals surface area contributed by atoms with Crippen LogP contribution in [0.5, 0.6) is 11.5 Å². The van der Waals surface area contributed by atoms with Gasteiger partial charge in [-0.3, -0.25) is 9.80 Å². The molecule has 160 valence electrons. The van der Waals surface area contributed by atoms with E-state index in [1.54, 1.807) is 0 Å². The second-order valence-electron chi connectivity index (χ2n) is 8.90. The Bertz CT molecular complexity index is 847. The molecular formula is C26H34N2O2. The van der Waals surface area contributed by atoms with Gasteiger partial charge in [-0.05, 0) is 112 Å². The summed E-state index contributed by atoms with van der Waals surface area (Å²) in [6.07, 6.45) is 5.00. The molecule has 0 atom stereocenters. The first-order valence-electron chi connectivity index (χ1n) is 11.3. The lowest BCUT2D eigenvalue weighted by Crippen LogP contribution is -2.18. The molecule has 2 aromatic rings. The predicted molar refractivity (Wildman–Crippen MR) is 123 cm³/mol. The van der Waals surface area contributed by atoms with Gasteiger partial charge in [-0.1, -0.05) is 12.1 Å². The fraction of sp³-hybridized carbons (Fsp3) is 0.462. The summed E-state index contributed by atoms with van der Waals surface area (Å²) in [6, 6.07) is 11.9. The quantitative estimate of drug-likeness (QED) is 0.644. The molecule has 2 N–H and O–H groups in total. The van der Waals surface area contributed by atoms with E-state index in [4.69, 9.17) is 0 Å². The summed E-state index contributed by atoms with van der Waals surface area (Å²) in [5, 5.41) is 20.7. The van der Waals surface area contributed by atoms with Crippen molar-refractivity contribution in [3.63, 3.8) is 0 Å². The SMILES string of the molecule is C/C(=C(\C)c1ccc(O)c(CN2CCCC2)c1)c1ccc(O)c(CN2CCCC2)c1. The zero-order valence-electron chi connectivity index (χ0n) is 18.3. The number of hydrogen-bond donors (Lipinski definition) is 2. The molecule has 4 nitrogen and oxygen atoms in total. The second kappa shape index (κ2) is 9.23. The van der Waals surface area contributed by atoms with Crippen molar-refractivity contribution in [2.45, 2.75) is 52.6 Å². The number of likely N-dealkylation sites (tertiary alicyclic amines) is 2. The standard InChI is InChI=1S/C26H34N2O2/c1-19(21-7-9-25(29)23(15-21)17-27-11-3-4-12-27)20(2)22-8-10-26(30)24(16-22)18-28-13-5-6-14-28/h7-10,15-16,29-30H,3-6,11-14,17-18H2,1-2H3/b20-19-. The van der Waals surface area contributed by atoms with Crippen molar-refractivity contribution in [1.82, 2.24) is 9.80 Å². The summed E-state index contributed by atoms with van der Waals surface area (Å²) in [5.74, 6) is 0.766. The zero-order chi connectivity index (χ0) is 21.1. The van der Waals surface area contributed by atoms with Crippen LogP contribution in [-0.4, -0.2) is 46.2 Å². The Labute approximate surface area is 180 Å². The Kier molecular flexibility index (Phi) is 6.45. The molecular weight excluding hydrogens is 372 g/mol. The van der Waals surface area contributed by atoms with Crippen LogP contribution in [0.4, 0.5) is 0 Å². The van der Waals surface area contributed by atoms with Gasteiger partial charge in [-0.15, -0.1) is 0 Å². The molecule has 0 bridgehead atoms. The number of aromatic hydroxyl groups is 2. The van der Waals surface area contributed by atoms with Gasteiger partial charge in [-0.25, -0.2) is 0 Å². The van der Waals surface area contributed by atoms with Crippen LogP contribution in [0.25, 0.3) is 11.1 Å². The van der Waals surface area contributed by atoms with Gasteiger partial charge in [0.2, 0.25) is 0 Å². The van der Waals surface area contributed by atoms with Crippen LogP contribution in [0.15, 0.2) is 36.4 Å². The van der Waals surface area contributed by atoms with Gasteiger partial charge in [0, 0.05) is 24.2 Å². The van der Waals surface area contributed by atoms with E-state index in [-0.39, 0.29) is 0 Å². The molecule has 4 heteroatoms. The van der Waals surface area contributed by atoms with Gasteiger partial charge in [0.1, 0.15) is 11.5 Å². The first-order chi connectivity index (χ1) is 14.5. The molecule has 0 unspecified atom stereocenters. The normalized spacial score (nSPS) is 18.7. The number of phenols is 2. The molecule has 2 aromatic carbocycles. The summed E-state index contributed by atoms with van der Waals surface area (Å²) in [4.78, 5) is 4.82. The summed E-state index contributed by atoms with van der Waals surface area (Å²) >= 11 is 0. The molecule has 0 saturated carbocycles. The maximum Gasteiger partial charge on any atom is 0.120 e. The lowest BCUT2D eigenvalue weighted by atomic mass is 9.94. The third-order valence-electron chi connectivity index (χ3n) is 6.77. The maximum absolute atomic E-state index is 10.4. The van der Waals surface area contributed by atoms with E-state index in [1.165, 1.54) is 36.8 Å². The van der Waals surface area contributed by atoms with Gasteiger partial charge < -0.3 is 10.2 Å². The Balaban J connectivity index is 1.59. The smallest absolute Gasteiger partial charge is 0.120 e. The summed E-state index contributed by atoms with van der Waals surface area (Å²) in [6.45, 7) is 10.4. The summed E-state index contributed by atoms with van der Waals surface area (Å²) in [7, 11) is 0. The molecule has 0 spiro atoms.